The van der Waals surface area contributed by atoms with E-state index in [0.29, 0.717) is 49.7 Å². The van der Waals surface area contributed by atoms with E-state index in [9.17, 15) is 9.59 Å². The standard InChI is InChI=1S/C16H29N2O4/c1-3-21-15(19)13-7-11-18(12-8-13,16(20)22-4-2)14-5-9-17-10-6-14/h13-14,17H,3-12H2,1-2H3/q+1. The lowest BCUT2D eigenvalue weighted by molar-refractivity contribution is -0.889. The molecule has 6 nitrogen and oxygen atoms in total. The Hall–Kier alpha value is -1.14. The van der Waals surface area contributed by atoms with Crippen LogP contribution < -0.4 is 5.32 Å². The molecular formula is C16H29N2O4+. The summed E-state index contributed by atoms with van der Waals surface area (Å²) in [6.45, 7) is 7.78. The molecule has 6 heteroatoms. The van der Waals surface area contributed by atoms with Gasteiger partial charge in [0.15, 0.2) is 0 Å². The van der Waals surface area contributed by atoms with Gasteiger partial charge >= 0.3 is 12.1 Å². The van der Waals surface area contributed by atoms with E-state index in [1.807, 2.05) is 13.8 Å². The number of esters is 1. The van der Waals surface area contributed by atoms with Crippen molar-refractivity contribution in [3.63, 3.8) is 0 Å². The monoisotopic (exact) mass is 313 g/mol. The summed E-state index contributed by atoms with van der Waals surface area (Å²) in [5.41, 5.74) is 0. The maximum Gasteiger partial charge on any atom is 0.516 e. The van der Waals surface area contributed by atoms with Crippen molar-refractivity contribution in [3.05, 3.63) is 0 Å². The topological polar surface area (TPSA) is 64.6 Å². The second kappa shape index (κ2) is 7.92. The van der Waals surface area contributed by atoms with Crippen LogP contribution in [0.15, 0.2) is 0 Å². The zero-order valence-electron chi connectivity index (χ0n) is 13.8. The number of amides is 1. The molecule has 1 amide bonds. The second-order valence-corrected chi connectivity index (χ2v) is 6.19. The van der Waals surface area contributed by atoms with E-state index in [0.717, 1.165) is 25.9 Å². The fourth-order valence-electron chi connectivity index (χ4n) is 3.77. The maximum atomic E-state index is 12.6. The highest BCUT2D eigenvalue weighted by molar-refractivity contribution is 5.72. The molecule has 2 aliphatic heterocycles. The number of carbonyl (C=O) groups is 2. The molecule has 0 bridgehead atoms. The van der Waals surface area contributed by atoms with Gasteiger partial charge < -0.3 is 14.8 Å². The van der Waals surface area contributed by atoms with E-state index >= 15 is 0 Å². The molecule has 0 aromatic rings. The molecule has 0 atom stereocenters. The first-order valence-electron chi connectivity index (χ1n) is 8.55. The highest BCUT2D eigenvalue weighted by Crippen LogP contribution is 2.32. The molecule has 0 unspecified atom stereocenters. The molecular weight excluding hydrogens is 284 g/mol. The molecule has 0 aliphatic carbocycles. The Balaban J connectivity index is 2.07. The summed E-state index contributed by atoms with van der Waals surface area (Å²) in [5.74, 6) is -0.184. The molecule has 2 aliphatic rings. The number of ether oxygens (including phenoxy) is 2. The van der Waals surface area contributed by atoms with Crippen molar-refractivity contribution in [1.29, 1.82) is 0 Å². The van der Waals surface area contributed by atoms with E-state index in [1.165, 1.54) is 0 Å². The average Bonchev–Trinajstić information content (AvgIpc) is 2.56. The summed E-state index contributed by atoms with van der Waals surface area (Å²) in [6.07, 6.45) is 3.28. The quantitative estimate of drug-likeness (QED) is 0.632. The Morgan fingerprint density at radius 1 is 1.00 bits per heavy atom. The van der Waals surface area contributed by atoms with E-state index < -0.39 is 0 Å². The largest absolute Gasteiger partial charge is 0.516 e. The predicted molar refractivity (Wildman–Crippen MR) is 82.3 cm³/mol. The van der Waals surface area contributed by atoms with Crippen molar-refractivity contribution in [1.82, 2.24) is 5.32 Å². The van der Waals surface area contributed by atoms with Crippen LogP contribution in [0.1, 0.15) is 39.5 Å². The van der Waals surface area contributed by atoms with Crippen molar-refractivity contribution < 1.29 is 23.5 Å². The smallest absolute Gasteiger partial charge is 0.466 e. The normalized spacial score (nSPS) is 29.8. The molecule has 0 radical (unpaired) electrons. The molecule has 126 valence electrons. The van der Waals surface area contributed by atoms with Crippen LogP contribution in [0.25, 0.3) is 0 Å². The Morgan fingerprint density at radius 2 is 1.59 bits per heavy atom. The molecule has 2 rings (SSSR count). The zero-order chi connectivity index (χ0) is 16.0. The number of nitrogens with zero attached hydrogens (tertiary/aromatic N) is 1. The molecule has 0 spiro atoms. The number of rotatable bonds is 4. The van der Waals surface area contributed by atoms with Crippen LogP contribution in [0, 0.1) is 5.92 Å². The van der Waals surface area contributed by atoms with Gasteiger partial charge in [0.2, 0.25) is 0 Å². The van der Waals surface area contributed by atoms with Crippen LogP contribution in [-0.4, -0.2) is 62.0 Å². The SMILES string of the molecule is CCOC(=O)C1CC[N+](C(=O)OCC)(C2CCNCC2)CC1. The van der Waals surface area contributed by atoms with E-state index in [4.69, 9.17) is 9.47 Å². The van der Waals surface area contributed by atoms with Crippen LogP contribution in [0.4, 0.5) is 4.79 Å². The number of likely N-dealkylation sites (tertiary alicyclic amines) is 1. The number of nitrogens with one attached hydrogen (secondary N) is 1. The third-order valence-corrected chi connectivity index (χ3v) is 5.01. The average molecular weight is 313 g/mol. The van der Waals surface area contributed by atoms with Gasteiger partial charge in [-0.15, -0.1) is 0 Å². The van der Waals surface area contributed by atoms with Crippen molar-refractivity contribution in [2.45, 2.75) is 45.6 Å². The number of hydrogen-bond donors (Lipinski definition) is 1. The van der Waals surface area contributed by atoms with E-state index in [1.54, 1.807) is 0 Å². The summed E-state index contributed by atoms with van der Waals surface area (Å²) < 4.78 is 10.9. The highest BCUT2D eigenvalue weighted by Gasteiger charge is 2.49. The number of quaternary nitrogens is 1. The summed E-state index contributed by atoms with van der Waals surface area (Å²) >= 11 is 0. The minimum atomic E-state index is -0.116. The first-order valence-corrected chi connectivity index (χ1v) is 8.55. The van der Waals surface area contributed by atoms with Gasteiger partial charge in [-0.2, -0.15) is 4.79 Å². The van der Waals surface area contributed by atoms with Crippen LogP contribution in [-0.2, 0) is 14.3 Å². The van der Waals surface area contributed by atoms with Crippen molar-refractivity contribution in [2.75, 3.05) is 39.4 Å². The lowest BCUT2D eigenvalue weighted by atomic mass is 9.91. The summed E-state index contributed by atoms with van der Waals surface area (Å²) in [4.78, 5) is 24.6. The van der Waals surface area contributed by atoms with E-state index in [2.05, 4.69) is 5.32 Å². The van der Waals surface area contributed by atoms with E-state index in [-0.39, 0.29) is 18.0 Å². The number of carbonyl (C=O) groups excluding carboxylic acids is 2. The Labute approximate surface area is 132 Å². The summed E-state index contributed by atoms with van der Waals surface area (Å²) in [6, 6.07) is 0.309. The Kier molecular flexibility index (Phi) is 6.20. The van der Waals surface area contributed by atoms with Gasteiger partial charge in [0, 0.05) is 38.8 Å². The van der Waals surface area contributed by atoms with Crippen LogP contribution in [0.2, 0.25) is 0 Å². The van der Waals surface area contributed by atoms with Gasteiger partial charge in [-0.25, -0.2) is 4.48 Å². The first-order chi connectivity index (χ1) is 10.6. The van der Waals surface area contributed by atoms with Crippen molar-refractivity contribution in [3.8, 4) is 0 Å². The third kappa shape index (κ3) is 3.60. The van der Waals surface area contributed by atoms with Gasteiger partial charge in [-0.05, 0) is 13.8 Å². The first kappa shape index (κ1) is 17.2. The Morgan fingerprint density at radius 3 is 2.14 bits per heavy atom. The fraction of sp³-hybridized carbons (Fsp3) is 0.875. The lowest BCUT2D eigenvalue weighted by Crippen LogP contribution is -2.65. The van der Waals surface area contributed by atoms with Gasteiger partial charge in [0.1, 0.15) is 6.04 Å². The molecule has 1 N–H and O–H groups in total. The third-order valence-electron chi connectivity index (χ3n) is 5.01. The second-order valence-electron chi connectivity index (χ2n) is 6.19. The van der Waals surface area contributed by atoms with Gasteiger partial charge in [-0.1, -0.05) is 0 Å². The number of piperidine rings is 2. The fourth-order valence-corrected chi connectivity index (χ4v) is 3.77. The highest BCUT2D eigenvalue weighted by atomic mass is 16.6. The van der Waals surface area contributed by atoms with Gasteiger partial charge in [0.05, 0.1) is 32.2 Å². The summed E-state index contributed by atoms with van der Waals surface area (Å²) in [7, 11) is 0. The molecule has 0 aromatic carbocycles. The minimum Gasteiger partial charge on any atom is -0.466 e. The number of hydrogen-bond acceptors (Lipinski definition) is 5. The van der Waals surface area contributed by atoms with Crippen LogP contribution in [0.5, 0.6) is 0 Å². The molecule has 0 aromatic heterocycles. The molecule has 2 fully saturated rings. The molecule has 22 heavy (non-hydrogen) atoms. The van der Waals surface area contributed by atoms with Crippen LogP contribution >= 0.6 is 0 Å². The van der Waals surface area contributed by atoms with Gasteiger partial charge in [0.25, 0.3) is 0 Å². The molecule has 2 heterocycles. The van der Waals surface area contributed by atoms with Crippen LogP contribution in [0.3, 0.4) is 0 Å². The lowest BCUT2D eigenvalue weighted by Gasteiger charge is -2.45. The minimum absolute atomic E-state index is 0.0673. The summed E-state index contributed by atoms with van der Waals surface area (Å²) in [5, 5.41) is 3.35. The predicted octanol–water partition coefficient (Wildman–Crippen LogP) is 1.68. The maximum absolute atomic E-state index is 12.6. The van der Waals surface area contributed by atoms with Crippen molar-refractivity contribution >= 4 is 12.1 Å². The zero-order valence-corrected chi connectivity index (χ0v) is 13.8. The van der Waals surface area contributed by atoms with Crippen molar-refractivity contribution in [2.24, 2.45) is 5.92 Å². The molecule has 2 saturated heterocycles. The molecule has 0 saturated carbocycles. The van der Waals surface area contributed by atoms with Gasteiger partial charge in [-0.3, -0.25) is 4.79 Å². The Bertz CT molecular complexity index is 386.